The minimum atomic E-state index is -4.52. The second-order valence-electron chi connectivity index (χ2n) is 7.11. The predicted octanol–water partition coefficient (Wildman–Crippen LogP) is 2.66. The number of anilines is 1. The average Bonchev–Trinajstić information content (AvgIpc) is 3.28. The van der Waals surface area contributed by atoms with Crippen molar-refractivity contribution >= 4 is 23.5 Å². The summed E-state index contributed by atoms with van der Waals surface area (Å²) in [6, 6.07) is 4.50. The van der Waals surface area contributed by atoms with Gasteiger partial charge in [-0.3, -0.25) is 14.4 Å². The van der Waals surface area contributed by atoms with Crippen molar-refractivity contribution in [3.8, 4) is 0 Å². The first kappa shape index (κ1) is 20.2. The molecule has 1 saturated heterocycles. The van der Waals surface area contributed by atoms with Gasteiger partial charge in [0, 0.05) is 24.7 Å². The maximum atomic E-state index is 12.9. The zero-order valence-electron chi connectivity index (χ0n) is 15.1. The second-order valence-corrected chi connectivity index (χ2v) is 7.11. The first-order chi connectivity index (χ1) is 13.2. The fourth-order valence-electron chi connectivity index (χ4n) is 3.56. The molecule has 152 valence electrons. The molecule has 0 aromatic heterocycles. The van der Waals surface area contributed by atoms with E-state index in [1.807, 2.05) is 0 Å². The zero-order valence-corrected chi connectivity index (χ0v) is 15.1. The third-order valence-electron chi connectivity index (χ3n) is 5.01. The lowest BCUT2D eigenvalue weighted by atomic mass is 10.1. The smallest absolute Gasteiger partial charge is 0.416 e. The number of ether oxygens (including phenoxy) is 1. The summed E-state index contributed by atoms with van der Waals surface area (Å²) in [5.41, 5.74) is -0.790. The van der Waals surface area contributed by atoms with Crippen molar-refractivity contribution in [2.45, 2.75) is 44.3 Å². The van der Waals surface area contributed by atoms with E-state index in [1.54, 1.807) is 0 Å². The van der Waals surface area contributed by atoms with Gasteiger partial charge in [-0.15, -0.1) is 0 Å². The Kier molecular flexibility index (Phi) is 5.90. The molecule has 6 nitrogen and oxygen atoms in total. The second kappa shape index (κ2) is 8.20. The van der Waals surface area contributed by atoms with E-state index in [0.717, 1.165) is 42.7 Å². The van der Waals surface area contributed by atoms with Gasteiger partial charge in [-0.1, -0.05) is 18.9 Å². The lowest BCUT2D eigenvalue weighted by molar-refractivity contribution is -0.152. The van der Waals surface area contributed by atoms with Crippen molar-refractivity contribution in [3.63, 3.8) is 0 Å². The van der Waals surface area contributed by atoms with Crippen LogP contribution in [-0.4, -0.2) is 37.0 Å². The lowest BCUT2D eigenvalue weighted by Crippen LogP contribution is -2.36. The molecule has 2 aliphatic rings. The van der Waals surface area contributed by atoms with E-state index in [1.165, 1.54) is 12.1 Å². The Morgan fingerprint density at radius 3 is 2.61 bits per heavy atom. The molecule has 1 aliphatic heterocycles. The minimum absolute atomic E-state index is 0.0779. The molecule has 3 rings (SSSR count). The molecule has 0 bridgehead atoms. The van der Waals surface area contributed by atoms with E-state index >= 15 is 0 Å². The third-order valence-corrected chi connectivity index (χ3v) is 5.01. The summed E-state index contributed by atoms with van der Waals surface area (Å²) in [7, 11) is 0. The number of rotatable bonds is 5. The monoisotopic (exact) mass is 398 g/mol. The number of carbonyl (C=O) groups excluding carboxylic acids is 3. The van der Waals surface area contributed by atoms with Crippen LogP contribution in [0.4, 0.5) is 18.9 Å². The summed E-state index contributed by atoms with van der Waals surface area (Å²) in [6.45, 7) is -0.507. The van der Waals surface area contributed by atoms with E-state index in [9.17, 15) is 27.6 Å². The highest BCUT2D eigenvalue weighted by Gasteiger charge is 2.38. The maximum absolute atomic E-state index is 12.9. The molecule has 0 spiro atoms. The van der Waals surface area contributed by atoms with Gasteiger partial charge in [0.05, 0.1) is 11.5 Å². The van der Waals surface area contributed by atoms with Crippen LogP contribution in [0.15, 0.2) is 24.3 Å². The summed E-state index contributed by atoms with van der Waals surface area (Å²) in [6.07, 6.45) is -0.769. The van der Waals surface area contributed by atoms with Gasteiger partial charge in [-0.05, 0) is 31.0 Å². The van der Waals surface area contributed by atoms with Gasteiger partial charge in [0.25, 0.3) is 5.91 Å². The molecule has 1 heterocycles. The van der Waals surface area contributed by atoms with Crippen molar-refractivity contribution in [1.29, 1.82) is 0 Å². The Balaban J connectivity index is 1.55. The Morgan fingerprint density at radius 2 is 1.93 bits per heavy atom. The topological polar surface area (TPSA) is 75.7 Å². The molecule has 0 unspecified atom stereocenters. The summed E-state index contributed by atoms with van der Waals surface area (Å²) >= 11 is 0. The summed E-state index contributed by atoms with van der Waals surface area (Å²) in [4.78, 5) is 37.3. The number of nitrogens with one attached hydrogen (secondary N) is 1. The number of amides is 2. The molecule has 1 aliphatic carbocycles. The number of hydrogen-bond acceptors (Lipinski definition) is 4. The number of hydrogen-bond donors (Lipinski definition) is 1. The number of benzene rings is 1. The van der Waals surface area contributed by atoms with Gasteiger partial charge in [-0.25, -0.2) is 0 Å². The van der Waals surface area contributed by atoms with E-state index < -0.39 is 36.1 Å². The molecule has 1 saturated carbocycles. The molecule has 1 N–H and O–H groups in total. The molecule has 1 aromatic carbocycles. The predicted molar refractivity (Wildman–Crippen MR) is 93.3 cm³/mol. The van der Waals surface area contributed by atoms with Gasteiger partial charge in [0.2, 0.25) is 5.91 Å². The highest BCUT2D eigenvalue weighted by atomic mass is 19.4. The Hall–Kier alpha value is -2.58. The average molecular weight is 398 g/mol. The van der Waals surface area contributed by atoms with Crippen molar-refractivity contribution in [1.82, 2.24) is 5.32 Å². The van der Waals surface area contributed by atoms with Gasteiger partial charge >= 0.3 is 12.1 Å². The summed E-state index contributed by atoms with van der Waals surface area (Å²) in [5, 5.41) is 2.79. The fraction of sp³-hybridized carbons (Fsp3) is 0.526. The Labute approximate surface area is 160 Å². The normalized spacial score (nSPS) is 20.5. The number of halogens is 3. The molecule has 0 radical (unpaired) electrons. The van der Waals surface area contributed by atoms with Crippen LogP contribution in [-0.2, 0) is 25.3 Å². The lowest BCUT2D eigenvalue weighted by Gasteiger charge is -2.18. The molecule has 28 heavy (non-hydrogen) atoms. The number of carbonyl (C=O) groups is 3. The SMILES string of the molecule is O=C(COC(=O)[C@@H]1CC(=O)N(c2cccc(C(F)(F)F)c2)C1)NC1CCCC1. The number of nitrogens with zero attached hydrogens (tertiary/aromatic N) is 1. The Bertz CT molecular complexity index is 760. The number of alkyl halides is 3. The van der Waals surface area contributed by atoms with Crippen LogP contribution in [0.25, 0.3) is 0 Å². The highest BCUT2D eigenvalue weighted by Crippen LogP contribution is 2.33. The molecular weight excluding hydrogens is 377 g/mol. The molecule has 2 fully saturated rings. The fourth-order valence-corrected chi connectivity index (χ4v) is 3.56. The summed E-state index contributed by atoms with van der Waals surface area (Å²) < 4.78 is 43.6. The zero-order chi connectivity index (χ0) is 20.3. The van der Waals surface area contributed by atoms with E-state index in [4.69, 9.17) is 4.74 Å². The standard InChI is InChI=1S/C19H21F3N2O4/c20-19(21,22)13-4-3-7-15(9-13)24-10-12(8-17(24)26)18(27)28-11-16(25)23-14-5-1-2-6-14/h3-4,7,9,12,14H,1-2,5-6,8,10-11H2,(H,23,25)/t12-/m1/s1. The van der Waals surface area contributed by atoms with Crippen LogP contribution >= 0.6 is 0 Å². The van der Waals surface area contributed by atoms with E-state index in [2.05, 4.69) is 5.32 Å². The molecule has 2 amide bonds. The highest BCUT2D eigenvalue weighted by molar-refractivity contribution is 5.99. The number of esters is 1. The van der Waals surface area contributed by atoms with Crippen molar-refractivity contribution in [2.24, 2.45) is 5.92 Å². The van der Waals surface area contributed by atoms with Crippen molar-refractivity contribution in [3.05, 3.63) is 29.8 Å². The van der Waals surface area contributed by atoms with Crippen molar-refractivity contribution in [2.75, 3.05) is 18.1 Å². The van der Waals surface area contributed by atoms with Crippen LogP contribution in [0, 0.1) is 5.92 Å². The largest absolute Gasteiger partial charge is 0.455 e. The van der Waals surface area contributed by atoms with Crippen LogP contribution in [0.2, 0.25) is 0 Å². The van der Waals surface area contributed by atoms with Gasteiger partial charge < -0.3 is 15.0 Å². The van der Waals surface area contributed by atoms with Gasteiger partial charge in [0.15, 0.2) is 6.61 Å². The Morgan fingerprint density at radius 1 is 1.21 bits per heavy atom. The molecule has 9 heteroatoms. The van der Waals surface area contributed by atoms with Crippen LogP contribution < -0.4 is 10.2 Å². The van der Waals surface area contributed by atoms with Crippen LogP contribution in [0.1, 0.15) is 37.7 Å². The van der Waals surface area contributed by atoms with E-state index in [0.29, 0.717) is 0 Å². The van der Waals surface area contributed by atoms with Gasteiger partial charge in [-0.2, -0.15) is 13.2 Å². The van der Waals surface area contributed by atoms with Crippen LogP contribution in [0.3, 0.4) is 0 Å². The quantitative estimate of drug-likeness (QED) is 0.774. The molecule has 1 atom stereocenters. The third kappa shape index (κ3) is 4.82. The minimum Gasteiger partial charge on any atom is -0.455 e. The van der Waals surface area contributed by atoms with Crippen molar-refractivity contribution < 1.29 is 32.3 Å². The first-order valence-corrected chi connectivity index (χ1v) is 9.17. The maximum Gasteiger partial charge on any atom is 0.416 e. The molecule has 1 aromatic rings. The summed E-state index contributed by atoms with van der Waals surface area (Å²) in [5.74, 6) is -2.37. The first-order valence-electron chi connectivity index (χ1n) is 9.17. The van der Waals surface area contributed by atoms with Gasteiger partial charge in [0.1, 0.15) is 0 Å². The van der Waals surface area contributed by atoms with E-state index in [-0.39, 0.29) is 30.6 Å². The van der Waals surface area contributed by atoms with Crippen LogP contribution in [0.5, 0.6) is 0 Å². The molecular formula is C19H21F3N2O4.